The molecule has 0 aliphatic heterocycles. The summed E-state index contributed by atoms with van der Waals surface area (Å²) in [6.45, 7) is 1.45. The molecular formula is C32H25FN8O. The van der Waals surface area contributed by atoms with Crippen LogP contribution in [0.4, 0.5) is 4.39 Å². The molecule has 5 heterocycles. The standard InChI is InChI=1S/C32H25FN8O/c1-42-24-11-21(10-23(33)12-24)25-7-8-36-31-29(25)38-32(39-31)30-26-13-27(37-18-28(26)40-41-30)22-9-20(16-35-17-22)15-34-14-19-5-3-2-4-6-19/h2-13,16-18,34H,14-15H2,1H3,(H,40,41)(H,36,38,39). The second-order valence-corrected chi connectivity index (χ2v) is 9.88. The first kappa shape index (κ1) is 25.5. The number of rotatable bonds is 8. The van der Waals surface area contributed by atoms with E-state index in [1.807, 2.05) is 36.5 Å². The molecule has 10 heteroatoms. The highest BCUT2D eigenvalue weighted by Crippen LogP contribution is 2.33. The molecule has 42 heavy (non-hydrogen) atoms. The number of nitrogens with one attached hydrogen (secondary N) is 3. The number of ether oxygens (including phenoxy) is 1. The van der Waals surface area contributed by atoms with E-state index in [4.69, 9.17) is 9.72 Å². The van der Waals surface area contributed by atoms with Crippen molar-refractivity contribution in [2.75, 3.05) is 7.11 Å². The Balaban J connectivity index is 1.21. The van der Waals surface area contributed by atoms with Crippen LogP contribution in [0.2, 0.25) is 0 Å². The highest BCUT2D eigenvalue weighted by molar-refractivity contribution is 5.96. The van der Waals surface area contributed by atoms with Gasteiger partial charge in [0.05, 0.1) is 30.0 Å². The minimum atomic E-state index is -0.391. The molecule has 0 aliphatic rings. The van der Waals surface area contributed by atoms with Gasteiger partial charge in [-0.3, -0.25) is 15.1 Å². The topological polar surface area (TPSA) is 117 Å². The van der Waals surface area contributed by atoms with E-state index < -0.39 is 5.82 Å². The van der Waals surface area contributed by atoms with Crippen LogP contribution in [0.15, 0.2) is 91.5 Å². The molecule has 7 rings (SSSR count). The summed E-state index contributed by atoms with van der Waals surface area (Å²) >= 11 is 0. The number of imidazole rings is 1. The van der Waals surface area contributed by atoms with Crippen molar-refractivity contribution in [2.45, 2.75) is 13.1 Å². The number of nitrogens with zero attached hydrogens (tertiary/aromatic N) is 5. The Labute approximate surface area is 239 Å². The number of hydrogen-bond acceptors (Lipinski definition) is 7. The van der Waals surface area contributed by atoms with E-state index in [9.17, 15) is 4.39 Å². The summed E-state index contributed by atoms with van der Waals surface area (Å²) in [7, 11) is 1.51. The Morgan fingerprint density at radius 2 is 1.76 bits per heavy atom. The highest BCUT2D eigenvalue weighted by Gasteiger charge is 2.17. The number of H-pyrrole nitrogens is 2. The third kappa shape index (κ3) is 4.95. The van der Waals surface area contributed by atoms with Crippen LogP contribution in [0.1, 0.15) is 11.1 Å². The summed E-state index contributed by atoms with van der Waals surface area (Å²) in [5.41, 5.74) is 7.92. The smallest absolute Gasteiger partial charge is 0.178 e. The van der Waals surface area contributed by atoms with E-state index in [0.29, 0.717) is 40.5 Å². The lowest BCUT2D eigenvalue weighted by Crippen LogP contribution is -2.12. The molecule has 0 saturated carbocycles. The number of pyridine rings is 3. The first-order valence-corrected chi connectivity index (χ1v) is 13.4. The fourth-order valence-electron chi connectivity index (χ4n) is 5.03. The molecule has 0 bridgehead atoms. The summed E-state index contributed by atoms with van der Waals surface area (Å²) in [6, 6.07) is 20.7. The molecule has 0 aliphatic carbocycles. The van der Waals surface area contributed by atoms with Crippen molar-refractivity contribution >= 4 is 22.1 Å². The van der Waals surface area contributed by atoms with Gasteiger partial charge in [0.15, 0.2) is 11.5 Å². The van der Waals surface area contributed by atoms with Crippen molar-refractivity contribution in [3.63, 3.8) is 0 Å². The quantitative estimate of drug-likeness (QED) is 0.208. The molecule has 0 unspecified atom stereocenters. The third-order valence-corrected chi connectivity index (χ3v) is 7.07. The predicted molar refractivity (Wildman–Crippen MR) is 159 cm³/mol. The van der Waals surface area contributed by atoms with Gasteiger partial charge in [-0.1, -0.05) is 30.3 Å². The summed E-state index contributed by atoms with van der Waals surface area (Å²) in [4.78, 5) is 21.6. The predicted octanol–water partition coefficient (Wildman–Crippen LogP) is 6.06. The number of aromatic amines is 2. The van der Waals surface area contributed by atoms with Crippen molar-refractivity contribution in [3.05, 3.63) is 108 Å². The van der Waals surface area contributed by atoms with E-state index in [2.05, 4.69) is 53.6 Å². The SMILES string of the molecule is COc1cc(F)cc(-c2ccnc3nc(-c4n[nH]c5cnc(-c6cncc(CNCc7ccccc7)c6)cc45)[nH]c23)c1. The largest absolute Gasteiger partial charge is 0.497 e. The van der Waals surface area contributed by atoms with Crippen molar-refractivity contribution in [1.82, 2.24) is 40.4 Å². The van der Waals surface area contributed by atoms with E-state index in [1.54, 1.807) is 24.7 Å². The number of fused-ring (bicyclic) bond motifs is 2. The van der Waals surface area contributed by atoms with Gasteiger partial charge in [0.2, 0.25) is 0 Å². The first-order chi connectivity index (χ1) is 20.6. The highest BCUT2D eigenvalue weighted by atomic mass is 19.1. The first-order valence-electron chi connectivity index (χ1n) is 13.4. The van der Waals surface area contributed by atoms with Crippen LogP contribution < -0.4 is 10.1 Å². The van der Waals surface area contributed by atoms with E-state index in [1.165, 1.54) is 24.8 Å². The van der Waals surface area contributed by atoms with Crippen LogP contribution in [-0.2, 0) is 13.1 Å². The van der Waals surface area contributed by atoms with Crippen molar-refractivity contribution < 1.29 is 9.13 Å². The fraction of sp³-hybridized carbons (Fsp3) is 0.0938. The Hall–Kier alpha value is -5.48. The van der Waals surface area contributed by atoms with Gasteiger partial charge in [0.25, 0.3) is 0 Å². The van der Waals surface area contributed by atoms with Crippen LogP contribution in [0.25, 0.3) is 56.0 Å². The minimum absolute atomic E-state index is 0.391. The molecule has 2 aromatic carbocycles. The zero-order valence-corrected chi connectivity index (χ0v) is 22.6. The Morgan fingerprint density at radius 1 is 0.881 bits per heavy atom. The second kappa shape index (κ2) is 10.8. The Kier molecular flexibility index (Phi) is 6.57. The molecule has 5 aromatic heterocycles. The number of hydrogen-bond donors (Lipinski definition) is 3. The van der Waals surface area contributed by atoms with Crippen LogP contribution in [-0.4, -0.2) is 42.2 Å². The van der Waals surface area contributed by atoms with Gasteiger partial charge >= 0.3 is 0 Å². The lowest BCUT2D eigenvalue weighted by Gasteiger charge is -2.07. The monoisotopic (exact) mass is 556 g/mol. The number of aromatic nitrogens is 7. The molecule has 0 saturated heterocycles. The molecule has 9 nitrogen and oxygen atoms in total. The maximum absolute atomic E-state index is 14.3. The van der Waals surface area contributed by atoms with Crippen LogP contribution in [0.5, 0.6) is 5.75 Å². The molecule has 0 radical (unpaired) electrons. The van der Waals surface area contributed by atoms with Gasteiger partial charge in [-0.2, -0.15) is 5.10 Å². The molecule has 0 spiro atoms. The zero-order chi connectivity index (χ0) is 28.5. The number of methoxy groups -OCH3 is 1. The van der Waals surface area contributed by atoms with Crippen LogP contribution in [0, 0.1) is 5.82 Å². The molecule has 206 valence electrons. The molecule has 0 amide bonds. The zero-order valence-electron chi connectivity index (χ0n) is 22.6. The van der Waals surface area contributed by atoms with Crippen LogP contribution in [0.3, 0.4) is 0 Å². The average molecular weight is 557 g/mol. The van der Waals surface area contributed by atoms with Gasteiger partial charge < -0.3 is 15.0 Å². The molecule has 0 fully saturated rings. The summed E-state index contributed by atoms with van der Waals surface area (Å²) in [6.07, 6.45) is 7.07. The normalized spacial score (nSPS) is 11.4. The van der Waals surface area contributed by atoms with Crippen molar-refractivity contribution in [3.8, 4) is 39.7 Å². The number of halogens is 1. The van der Waals surface area contributed by atoms with Gasteiger partial charge in [0.1, 0.15) is 17.3 Å². The van der Waals surface area contributed by atoms with Gasteiger partial charge in [-0.25, -0.2) is 14.4 Å². The Morgan fingerprint density at radius 3 is 2.64 bits per heavy atom. The maximum Gasteiger partial charge on any atom is 0.178 e. The van der Waals surface area contributed by atoms with E-state index in [-0.39, 0.29) is 0 Å². The lowest BCUT2D eigenvalue weighted by molar-refractivity contribution is 0.411. The van der Waals surface area contributed by atoms with E-state index >= 15 is 0 Å². The van der Waals surface area contributed by atoms with Crippen molar-refractivity contribution in [1.29, 1.82) is 0 Å². The van der Waals surface area contributed by atoms with Gasteiger partial charge in [0, 0.05) is 54.3 Å². The van der Waals surface area contributed by atoms with Crippen LogP contribution >= 0.6 is 0 Å². The lowest BCUT2D eigenvalue weighted by atomic mass is 10.1. The number of benzene rings is 2. The summed E-state index contributed by atoms with van der Waals surface area (Å²) in [5.74, 6) is 0.574. The molecule has 7 aromatic rings. The second-order valence-electron chi connectivity index (χ2n) is 9.88. The Bertz CT molecular complexity index is 2040. The van der Waals surface area contributed by atoms with E-state index in [0.717, 1.165) is 39.8 Å². The maximum atomic E-state index is 14.3. The fourth-order valence-corrected chi connectivity index (χ4v) is 5.03. The minimum Gasteiger partial charge on any atom is -0.497 e. The molecule has 0 atom stereocenters. The average Bonchev–Trinajstić information content (AvgIpc) is 3.65. The summed E-state index contributed by atoms with van der Waals surface area (Å²) in [5, 5.41) is 11.9. The molecule has 3 N–H and O–H groups in total. The molecular weight excluding hydrogens is 531 g/mol. The van der Waals surface area contributed by atoms with Gasteiger partial charge in [-0.15, -0.1) is 0 Å². The summed E-state index contributed by atoms with van der Waals surface area (Å²) < 4.78 is 19.6. The van der Waals surface area contributed by atoms with Gasteiger partial charge in [-0.05, 0) is 47.0 Å². The third-order valence-electron chi connectivity index (χ3n) is 7.07. The van der Waals surface area contributed by atoms with Crippen molar-refractivity contribution in [2.24, 2.45) is 0 Å².